The molecule has 3 N–H and O–H groups in total. The number of hydrogen-bond donors (Lipinski definition) is 3. The van der Waals surface area contributed by atoms with Gasteiger partial charge < -0.3 is 35.1 Å². The summed E-state index contributed by atoms with van der Waals surface area (Å²) in [5, 5.41) is 9.29. The zero-order valence-corrected chi connectivity index (χ0v) is 28.8. The average molecular weight is 658 g/mol. The molecule has 2 saturated heterocycles. The molecule has 3 amide bonds. The van der Waals surface area contributed by atoms with Crippen LogP contribution in [0, 0.1) is 12.3 Å². The third-order valence-corrected chi connectivity index (χ3v) is 9.48. The second-order valence-corrected chi connectivity index (χ2v) is 14.0. The highest BCUT2D eigenvalue weighted by molar-refractivity contribution is 7.13. The van der Waals surface area contributed by atoms with Gasteiger partial charge >= 0.3 is 0 Å². The van der Waals surface area contributed by atoms with Crippen LogP contribution in [0.4, 0.5) is 0 Å². The van der Waals surface area contributed by atoms with Crippen molar-refractivity contribution in [2.75, 3.05) is 52.7 Å². The second-order valence-electron chi connectivity index (χ2n) is 13.2. The van der Waals surface area contributed by atoms with Gasteiger partial charge in [0.2, 0.25) is 17.7 Å². The first-order valence-corrected chi connectivity index (χ1v) is 17.3. The molecular weight excluding hydrogens is 606 g/mol. The number of thiazole rings is 1. The number of aryl methyl sites for hydroxylation is 1. The fraction of sp³-hybridized carbons (Fsp3) is 0.647. The van der Waals surface area contributed by atoms with Gasteiger partial charge in [0.15, 0.2) is 0 Å². The zero-order chi connectivity index (χ0) is 33.1. The van der Waals surface area contributed by atoms with Crippen LogP contribution >= 0.6 is 11.3 Å². The van der Waals surface area contributed by atoms with E-state index < -0.39 is 17.5 Å². The molecule has 2 aliphatic rings. The Morgan fingerprint density at radius 2 is 1.72 bits per heavy atom. The predicted octanol–water partition coefficient (Wildman–Crippen LogP) is 3.62. The van der Waals surface area contributed by atoms with Crippen LogP contribution in [0.2, 0.25) is 0 Å². The van der Waals surface area contributed by atoms with Crippen LogP contribution in [0.5, 0.6) is 0 Å². The van der Waals surface area contributed by atoms with Crippen LogP contribution in [-0.4, -0.2) is 98.5 Å². The van der Waals surface area contributed by atoms with Crippen molar-refractivity contribution in [1.82, 2.24) is 25.8 Å². The van der Waals surface area contributed by atoms with Crippen LogP contribution in [0.1, 0.15) is 70.7 Å². The largest absolute Gasteiger partial charge is 0.377 e. The summed E-state index contributed by atoms with van der Waals surface area (Å²) in [7, 11) is 0. The number of piperidine rings is 1. The Bertz CT molecular complexity index is 1270. The molecule has 1 aromatic heterocycles. The normalized spacial score (nSPS) is 18.7. The van der Waals surface area contributed by atoms with E-state index in [1.54, 1.807) is 16.2 Å². The van der Waals surface area contributed by atoms with Crippen LogP contribution in [0.3, 0.4) is 0 Å². The van der Waals surface area contributed by atoms with Gasteiger partial charge in [0.05, 0.1) is 54.7 Å². The van der Waals surface area contributed by atoms with E-state index in [0.717, 1.165) is 54.0 Å². The van der Waals surface area contributed by atoms with Gasteiger partial charge in [-0.15, -0.1) is 11.3 Å². The highest BCUT2D eigenvalue weighted by Gasteiger charge is 2.42. The van der Waals surface area contributed by atoms with Gasteiger partial charge in [-0.1, -0.05) is 45.0 Å². The van der Waals surface area contributed by atoms with Gasteiger partial charge in [0.25, 0.3) is 0 Å². The SMILES string of the molecule is Cc1ncsc1-c1ccc([C@H](C)NC(=O)[C@@H]2CCCN2C(=O)[C@@H](NC(=O)COCCOCCOC2CCNCC2)C(C)(C)C)cc1. The Balaban J connectivity index is 1.22. The van der Waals surface area contributed by atoms with Crippen molar-refractivity contribution in [3.63, 3.8) is 0 Å². The van der Waals surface area contributed by atoms with Gasteiger partial charge in [0, 0.05) is 6.54 Å². The number of amides is 3. The molecule has 0 bridgehead atoms. The summed E-state index contributed by atoms with van der Waals surface area (Å²) in [6.07, 6.45) is 3.62. The van der Waals surface area contributed by atoms with Crippen LogP contribution in [-0.2, 0) is 28.6 Å². The summed E-state index contributed by atoms with van der Waals surface area (Å²) < 4.78 is 16.9. The van der Waals surface area contributed by atoms with E-state index in [2.05, 4.69) is 20.9 Å². The number of hydrogen-bond acceptors (Lipinski definition) is 9. The molecule has 3 heterocycles. The second kappa shape index (κ2) is 17.3. The van der Waals surface area contributed by atoms with Crippen molar-refractivity contribution in [3.05, 3.63) is 41.0 Å². The van der Waals surface area contributed by atoms with E-state index in [9.17, 15) is 14.4 Å². The molecule has 4 rings (SSSR count). The number of carbonyl (C=O) groups is 3. The molecule has 11 nitrogen and oxygen atoms in total. The molecule has 254 valence electrons. The lowest BCUT2D eigenvalue weighted by Crippen LogP contribution is -2.58. The first kappa shape index (κ1) is 35.9. The fourth-order valence-electron chi connectivity index (χ4n) is 5.84. The molecule has 0 radical (unpaired) electrons. The maximum atomic E-state index is 13.8. The zero-order valence-electron chi connectivity index (χ0n) is 27.9. The van der Waals surface area contributed by atoms with Crippen LogP contribution < -0.4 is 16.0 Å². The number of nitrogens with zero attached hydrogens (tertiary/aromatic N) is 2. The van der Waals surface area contributed by atoms with Gasteiger partial charge in [-0.3, -0.25) is 14.4 Å². The van der Waals surface area contributed by atoms with Crippen molar-refractivity contribution >= 4 is 29.1 Å². The lowest BCUT2D eigenvalue weighted by Gasteiger charge is -2.35. The third kappa shape index (κ3) is 10.3. The average Bonchev–Trinajstić information content (AvgIpc) is 3.70. The van der Waals surface area contributed by atoms with E-state index in [-0.39, 0.29) is 37.0 Å². The van der Waals surface area contributed by atoms with E-state index in [1.165, 1.54) is 0 Å². The summed E-state index contributed by atoms with van der Waals surface area (Å²) in [5.74, 6) is -0.829. The van der Waals surface area contributed by atoms with E-state index in [0.29, 0.717) is 38.9 Å². The Morgan fingerprint density at radius 1 is 1.02 bits per heavy atom. The lowest BCUT2D eigenvalue weighted by atomic mass is 9.85. The number of benzene rings is 1. The predicted molar refractivity (Wildman–Crippen MR) is 178 cm³/mol. The van der Waals surface area contributed by atoms with Crippen molar-refractivity contribution in [2.24, 2.45) is 5.41 Å². The maximum absolute atomic E-state index is 13.8. The number of nitrogens with one attached hydrogen (secondary N) is 3. The van der Waals surface area contributed by atoms with E-state index in [4.69, 9.17) is 14.2 Å². The standard InChI is InChI=1S/C34H51N5O6S/c1-23(25-8-10-26(11-9-25)30-24(2)36-22-46-30)37-32(41)28-7-6-16-39(28)33(42)31(34(3,4)5)38-29(40)21-44-18-17-43-19-20-45-27-12-14-35-15-13-27/h8-11,22-23,27-28,31,35H,6-7,12-21H2,1-5H3,(H,37,41)(H,38,40)/t23-,28-,31+/m0/s1. The summed E-state index contributed by atoms with van der Waals surface area (Å²) in [5.41, 5.74) is 4.34. The van der Waals surface area contributed by atoms with Gasteiger partial charge in [-0.05, 0) is 69.2 Å². The smallest absolute Gasteiger partial charge is 0.246 e. The Kier molecular flexibility index (Phi) is 13.5. The third-order valence-electron chi connectivity index (χ3n) is 8.51. The molecule has 12 heteroatoms. The summed E-state index contributed by atoms with van der Waals surface area (Å²) >= 11 is 1.60. The molecule has 46 heavy (non-hydrogen) atoms. The molecule has 0 aliphatic carbocycles. The highest BCUT2D eigenvalue weighted by atomic mass is 32.1. The van der Waals surface area contributed by atoms with Gasteiger partial charge in [-0.2, -0.15) is 0 Å². The monoisotopic (exact) mass is 657 g/mol. The summed E-state index contributed by atoms with van der Waals surface area (Å²) in [6.45, 7) is 13.5. The summed E-state index contributed by atoms with van der Waals surface area (Å²) in [6, 6.07) is 6.49. The number of aromatic nitrogens is 1. The molecule has 0 saturated carbocycles. The topological polar surface area (TPSA) is 131 Å². The maximum Gasteiger partial charge on any atom is 0.246 e. The molecule has 2 aromatic rings. The van der Waals surface area contributed by atoms with Crippen LogP contribution in [0.25, 0.3) is 10.4 Å². The lowest BCUT2D eigenvalue weighted by molar-refractivity contribution is -0.144. The number of likely N-dealkylation sites (tertiary alicyclic amines) is 1. The number of carbonyl (C=O) groups excluding carboxylic acids is 3. The molecule has 0 unspecified atom stereocenters. The molecular formula is C34H51N5O6S. The first-order chi connectivity index (χ1) is 22.0. The first-order valence-electron chi connectivity index (χ1n) is 16.4. The number of ether oxygens (including phenoxy) is 3. The van der Waals surface area contributed by atoms with Crippen molar-refractivity contribution < 1.29 is 28.6 Å². The summed E-state index contributed by atoms with van der Waals surface area (Å²) in [4.78, 5) is 47.2. The number of rotatable bonds is 15. The van der Waals surface area contributed by atoms with Gasteiger partial charge in [-0.25, -0.2) is 4.98 Å². The minimum atomic E-state index is -0.805. The van der Waals surface area contributed by atoms with E-state index in [1.807, 2.05) is 64.4 Å². The van der Waals surface area contributed by atoms with Crippen molar-refractivity contribution in [1.29, 1.82) is 0 Å². The van der Waals surface area contributed by atoms with Crippen LogP contribution in [0.15, 0.2) is 29.8 Å². The minimum Gasteiger partial charge on any atom is -0.377 e. The van der Waals surface area contributed by atoms with Crippen molar-refractivity contribution in [3.8, 4) is 10.4 Å². The minimum absolute atomic E-state index is 0.183. The molecule has 2 aliphatic heterocycles. The molecule has 3 atom stereocenters. The molecule has 0 spiro atoms. The Labute approximate surface area is 277 Å². The quantitative estimate of drug-likeness (QED) is 0.248. The molecule has 1 aromatic carbocycles. The molecule has 2 fully saturated rings. The van der Waals surface area contributed by atoms with Crippen molar-refractivity contribution in [2.45, 2.75) is 84.5 Å². The van der Waals surface area contributed by atoms with Gasteiger partial charge in [0.1, 0.15) is 18.7 Å². The highest BCUT2D eigenvalue weighted by Crippen LogP contribution is 2.29. The fourth-order valence-corrected chi connectivity index (χ4v) is 6.65. The Hall–Kier alpha value is -2.90. The Morgan fingerprint density at radius 3 is 2.39 bits per heavy atom. The van der Waals surface area contributed by atoms with E-state index >= 15 is 0 Å².